The molecule has 0 amide bonds. The zero-order chi connectivity index (χ0) is 16.8. The van der Waals surface area contributed by atoms with Gasteiger partial charge in [0.25, 0.3) is 0 Å². The second kappa shape index (κ2) is 4.36. The van der Waals surface area contributed by atoms with Crippen LogP contribution in [0.4, 0.5) is 0 Å². The number of ketones is 1. The molecule has 124 valence electrons. The standard InChI is InChI=1S/C19H18O5/c1-19-11-4-2-8-9(3-5-12(8)20)15(11)17(23)18-16(19)10(7-24-18)13(21)6-14(19)22/h2,4,7,13-14,17,21-23H,3,5-6H2,1H3. The summed E-state index contributed by atoms with van der Waals surface area (Å²) in [6, 6.07) is 3.66. The van der Waals surface area contributed by atoms with Crippen molar-refractivity contribution in [1.82, 2.24) is 0 Å². The van der Waals surface area contributed by atoms with Gasteiger partial charge in [0.1, 0.15) is 11.9 Å². The molecule has 1 heterocycles. The lowest BCUT2D eigenvalue weighted by molar-refractivity contribution is 0.0245. The number of carbonyl (C=O) groups is 1. The molecular formula is C19H18O5. The van der Waals surface area contributed by atoms with Crippen molar-refractivity contribution in [3.8, 4) is 0 Å². The van der Waals surface area contributed by atoms with E-state index in [-0.39, 0.29) is 12.2 Å². The summed E-state index contributed by atoms with van der Waals surface area (Å²) in [6.45, 7) is 1.93. The van der Waals surface area contributed by atoms with E-state index < -0.39 is 23.7 Å². The summed E-state index contributed by atoms with van der Waals surface area (Å²) in [5.41, 5.74) is 3.64. The van der Waals surface area contributed by atoms with Crippen molar-refractivity contribution < 1.29 is 24.5 Å². The maximum Gasteiger partial charge on any atom is 0.163 e. The number of Topliss-reactive ketones (excluding diaryl/α,β-unsaturated/α-hetero) is 1. The first-order valence-corrected chi connectivity index (χ1v) is 8.30. The molecule has 1 aromatic carbocycles. The highest BCUT2D eigenvalue weighted by molar-refractivity contribution is 6.01. The molecule has 3 aliphatic rings. The van der Waals surface area contributed by atoms with Crippen LogP contribution >= 0.6 is 0 Å². The third-order valence-corrected chi connectivity index (χ3v) is 6.18. The molecule has 2 aromatic rings. The third-order valence-electron chi connectivity index (χ3n) is 6.18. The number of hydrogen-bond acceptors (Lipinski definition) is 5. The van der Waals surface area contributed by atoms with Gasteiger partial charge in [-0.25, -0.2) is 0 Å². The van der Waals surface area contributed by atoms with Crippen molar-refractivity contribution in [3.63, 3.8) is 0 Å². The van der Waals surface area contributed by atoms with Gasteiger partial charge in [-0.15, -0.1) is 0 Å². The Bertz CT molecular complexity index is 895. The second-order valence-corrected chi connectivity index (χ2v) is 7.28. The predicted octanol–water partition coefficient (Wildman–Crippen LogP) is 1.91. The SMILES string of the molecule is CC12c3ccc4c(c3C(O)c3occ(c31)C(O)CC2O)CCC4=O. The Morgan fingerprint density at radius 2 is 2.00 bits per heavy atom. The molecule has 4 atom stereocenters. The number of carbonyl (C=O) groups excluding carboxylic acids is 1. The Labute approximate surface area is 138 Å². The van der Waals surface area contributed by atoms with Crippen molar-refractivity contribution in [3.05, 3.63) is 57.5 Å². The van der Waals surface area contributed by atoms with Crippen molar-refractivity contribution in [2.45, 2.75) is 49.9 Å². The van der Waals surface area contributed by atoms with E-state index in [4.69, 9.17) is 4.42 Å². The number of benzene rings is 1. The van der Waals surface area contributed by atoms with Crippen molar-refractivity contribution in [2.75, 3.05) is 0 Å². The zero-order valence-electron chi connectivity index (χ0n) is 13.2. The molecule has 5 rings (SSSR count). The number of fused-ring (bicyclic) bond motifs is 4. The number of aliphatic hydroxyl groups is 3. The number of aliphatic hydroxyl groups excluding tert-OH is 3. The normalized spacial score (nSPS) is 33.2. The van der Waals surface area contributed by atoms with Gasteiger partial charge in [-0.3, -0.25) is 4.79 Å². The Balaban J connectivity index is 1.87. The molecule has 0 spiro atoms. The largest absolute Gasteiger partial charge is 0.465 e. The quantitative estimate of drug-likeness (QED) is 0.688. The van der Waals surface area contributed by atoms with Gasteiger partial charge in [-0.1, -0.05) is 12.1 Å². The molecule has 3 N–H and O–H groups in total. The minimum Gasteiger partial charge on any atom is -0.465 e. The Morgan fingerprint density at radius 3 is 2.79 bits per heavy atom. The molecule has 0 radical (unpaired) electrons. The average molecular weight is 326 g/mol. The monoisotopic (exact) mass is 326 g/mol. The summed E-state index contributed by atoms with van der Waals surface area (Å²) in [5, 5.41) is 32.0. The Hall–Kier alpha value is -1.95. The maximum absolute atomic E-state index is 12.1. The topological polar surface area (TPSA) is 90.9 Å². The summed E-state index contributed by atoms with van der Waals surface area (Å²) < 4.78 is 5.62. The van der Waals surface area contributed by atoms with Gasteiger partial charge in [0.05, 0.1) is 18.5 Å². The van der Waals surface area contributed by atoms with E-state index >= 15 is 0 Å². The van der Waals surface area contributed by atoms with E-state index in [1.807, 2.05) is 19.1 Å². The van der Waals surface area contributed by atoms with E-state index in [0.717, 1.165) is 11.1 Å². The van der Waals surface area contributed by atoms with Crippen LogP contribution in [0, 0.1) is 0 Å². The lowest BCUT2D eigenvalue weighted by atomic mass is 9.60. The number of hydrogen-bond donors (Lipinski definition) is 3. The summed E-state index contributed by atoms with van der Waals surface area (Å²) in [5.74, 6) is 0.473. The predicted molar refractivity (Wildman–Crippen MR) is 83.9 cm³/mol. The zero-order valence-corrected chi connectivity index (χ0v) is 13.2. The van der Waals surface area contributed by atoms with Crippen molar-refractivity contribution in [1.29, 1.82) is 0 Å². The highest BCUT2D eigenvalue weighted by Gasteiger charge is 2.53. The van der Waals surface area contributed by atoms with Crippen LogP contribution in [0.15, 0.2) is 22.8 Å². The van der Waals surface area contributed by atoms with Crippen LogP contribution in [-0.2, 0) is 11.8 Å². The molecule has 3 aliphatic carbocycles. The summed E-state index contributed by atoms with van der Waals surface area (Å²) >= 11 is 0. The van der Waals surface area contributed by atoms with Crippen LogP contribution in [0.25, 0.3) is 0 Å². The van der Waals surface area contributed by atoms with Crippen LogP contribution in [0.3, 0.4) is 0 Å². The smallest absolute Gasteiger partial charge is 0.163 e. The van der Waals surface area contributed by atoms with Gasteiger partial charge in [0.2, 0.25) is 0 Å². The fraction of sp³-hybridized carbons (Fsp3) is 0.421. The molecule has 0 aliphatic heterocycles. The van der Waals surface area contributed by atoms with Gasteiger partial charge in [0.15, 0.2) is 5.78 Å². The van der Waals surface area contributed by atoms with E-state index in [0.29, 0.717) is 40.9 Å². The van der Waals surface area contributed by atoms with Gasteiger partial charge in [0, 0.05) is 34.9 Å². The van der Waals surface area contributed by atoms with Crippen molar-refractivity contribution >= 4 is 5.78 Å². The van der Waals surface area contributed by atoms with E-state index in [9.17, 15) is 20.1 Å². The molecule has 0 saturated heterocycles. The van der Waals surface area contributed by atoms with Gasteiger partial charge in [-0.05, 0) is 30.0 Å². The first-order valence-electron chi connectivity index (χ1n) is 8.30. The van der Waals surface area contributed by atoms with E-state index in [2.05, 4.69) is 0 Å². The second-order valence-electron chi connectivity index (χ2n) is 7.28. The van der Waals surface area contributed by atoms with Crippen LogP contribution in [0.1, 0.15) is 75.9 Å². The van der Waals surface area contributed by atoms with Gasteiger partial charge in [-0.2, -0.15) is 0 Å². The number of furan rings is 1. The van der Waals surface area contributed by atoms with Gasteiger partial charge >= 0.3 is 0 Å². The first-order chi connectivity index (χ1) is 11.4. The molecule has 5 nitrogen and oxygen atoms in total. The fourth-order valence-corrected chi connectivity index (χ4v) is 4.91. The maximum atomic E-state index is 12.1. The summed E-state index contributed by atoms with van der Waals surface area (Å²) in [6.07, 6.45) is 0.186. The highest BCUT2D eigenvalue weighted by Crippen LogP contribution is 2.56. The molecule has 0 saturated carbocycles. The van der Waals surface area contributed by atoms with E-state index in [1.165, 1.54) is 6.26 Å². The molecular weight excluding hydrogens is 308 g/mol. The lowest BCUT2D eigenvalue weighted by Gasteiger charge is -2.45. The van der Waals surface area contributed by atoms with Crippen LogP contribution in [0.2, 0.25) is 0 Å². The van der Waals surface area contributed by atoms with Gasteiger partial charge < -0.3 is 19.7 Å². The molecule has 0 fully saturated rings. The highest BCUT2D eigenvalue weighted by atomic mass is 16.4. The molecule has 1 aromatic heterocycles. The minimum absolute atomic E-state index is 0.0932. The number of rotatable bonds is 0. The third kappa shape index (κ3) is 1.44. The Kier molecular flexibility index (Phi) is 2.62. The minimum atomic E-state index is -0.977. The average Bonchev–Trinajstić information content (AvgIpc) is 3.16. The van der Waals surface area contributed by atoms with Crippen LogP contribution in [0.5, 0.6) is 0 Å². The molecule has 0 bridgehead atoms. The van der Waals surface area contributed by atoms with E-state index in [1.54, 1.807) is 0 Å². The first kappa shape index (κ1) is 14.4. The van der Waals surface area contributed by atoms with Crippen LogP contribution < -0.4 is 0 Å². The molecule has 5 heteroatoms. The summed E-state index contributed by atoms with van der Waals surface area (Å²) in [7, 11) is 0. The van der Waals surface area contributed by atoms with Crippen LogP contribution in [-0.4, -0.2) is 27.2 Å². The lowest BCUT2D eigenvalue weighted by Crippen LogP contribution is -2.46. The molecule has 24 heavy (non-hydrogen) atoms. The molecule has 4 unspecified atom stereocenters. The van der Waals surface area contributed by atoms with Crippen molar-refractivity contribution in [2.24, 2.45) is 0 Å². The summed E-state index contributed by atoms with van der Waals surface area (Å²) in [4.78, 5) is 12.1. The fourth-order valence-electron chi connectivity index (χ4n) is 4.91. The Morgan fingerprint density at radius 1 is 1.21 bits per heavy atom.